The molecule has 3 fully saturated rings. The predicted octanol–water partition coefficient (Wildman–Crippen LogP) is -0.142. The van der Waals surface area contributed by atoms with Gasteiger partial charge in [0.05, 0.1) is 6.61 Å². The Bertz CT molecular complexity index is 442. The van der Waals surface area contributed by atoms with Gasteiger partial charge in [-0.3, -0.25) is 4.90 Å². The molecule has 3 aliphatic rings. The number of aliphatic hydroxyl groups excluding tert-OH is 1. The van der Waals surface area contributed by atoms with Crippen molar-refractivity contribution in [2.45, 2.75) is 44.2 Å². The minimum atomic E-state index is -3.41. The monoisotopic (exact) mass is 303 g/mol. The van der Waals surface area contributed by atoms with Crippen LogP contribution >= 0.6 is 0 Å². The maximum atomic E-state index is 12.8. The molecule has 0 amide bonds. The molecule has 0 aromatic rings. The number of piperazine rings is 1. The third-order valence-electron chi connectivity index (χ3n) is 4.96. The van der Waals surface area contributed by atoms with Crippen molar-refractivity contribution in [3.05, 3.63) is 0 Å². The molecule has 0 saturated carbocycles. The third-order valence-corrected chi connectivity index (χ3v) is 7.01. The Labute approximate surface area is 121 Å². The molecule has 0 radical (unpaired) electrons. The molecule has 7 heteroatoms. The molecule has 2 unspecified atom stereocenters. The third kappa shape index (κ3) is 2.62. The summed E-state index contributed by atoms with van der Waals surface area (Å²) in [4.78, 5) is 2.41. The molecule has 20 heavy (non-hydrogen) atoms. The lowest BCUT2D eigenvalue weighted by atomic mass is 10.1. The molecule has 3 heterocycles. The smallest absolute Gasteiger partial charge is 0.282 e. The number of hydrogen-bond donors (Lipinski definition) is 1. The van der Waals surface area contributed by atoms with E-state index in [-0.39, 0.29) is 12.6 Å². The molecule has 116 valence electrons. The Morgan fingerprint density at radius 2 is 1.85 bits per heavy atom. The van der Waals surface area contributed by atoms with Crippen molar-refractivity contribution in [1.29, 1.82) is 0 Å². The lowest BCUT2D eigenvalue weighted by Gasteiger charge is -2.41. The van der Waals surface area contributed by atoms with Crippen LogP contribution in [0.25, 0.3) is 0 Å². The van der Waals surface area contributed by atoms with E-state index < -0.39 is 10.2 Å². The van der Waals surface area contributed by atoms with Crippen LogP contribution in [-0.2, 0) is 10.2 Å². The molecule has 0 spiro atoms. The van der Waals surface area contributed by atoms with Crippen LogP contribution in [0.1, 0.15) is 32.1 Å². The highest BCUT2D eigenvalue weighted by molar-refractivity contribution is 7.86. The van der Waals surface area contributed by atoms with Gasteiger partial charge in [-0.25, -0.2) is 0 Å². The zero-order chi connectivity index (χ0) is 14.2. The zero-order valence-electron chi connectivity index (χ0n) is 11.9. The summed E-state index contributed by atoms with van der Waals surface area (Å²) < 4.78 is 28.8. The Kier molecular flexibility index (Phi) is 4.33. The first-order chi connectivity index (χ1) is 9.63. The van der Waals surface area contributed by atoms with Gasteiger partial charge in [-0.2, -0.15) is 17.0 Å². The van der Waals surface area contributed by atoms with Gasteiger partial charge >= 0.3 is 0 Å². The Morgan fingerprint density at radius 1 is 1.00 bits per heavy atom. The fourth-order valence-corrected chi connectivity index (χ4v) is 5.66. The van der Waals surface area contributed by atoms with Crippen molar-refractivity contribution in [3.63, 3.8) is 0 Å². The van der Waals surface area contributed by atoms with Gasteiger partial charge in [0.2, 0.25) is 0 Å². The van der Waals surface area contributed by atoms with Crippen molar-refractivity contribution in [1.82, 2.24) is 13.5 Å². The average molecular weight is 303 g/mol. The highest BCUT2D eigenvalue weighted by atomic mass is 32.2. The normalized spacial score (nSPS) is 34.2. The topological polar surface area (TPSA) is 64.1 Å². The van der Waals surface area contributed by atoms with Crippen LogP contribution in [0.15, 0.2) is 0 Å². The van der Waals surface area contributed by atoms with Crippen LogP contribution in [0.5, 0.6) is 0 Å². The molecule has 0 bridgehead atoms. The van der Waals surface area contributed by atoms with E-state index in [0.717, 1.165) is 38.8 Å². The summed E-state index contributed by atoms with van der Waals surface area (Å²) in [5.41, 5.74) is 0. The van der Waals surface area contributed by atoms with Crippen molar-refractivity contribution in [3.8, 4) is 0 Å². The lowest BCUT2D eigenvalue weighted by molar-refractivity contribution is 0.126. The fourth-order valence-electron chi connectivity index (χ4n) is 3.78. The van der Waals surface area contributed by atoms with Gasteiger partial charge in [0, 0.05) is 38.3 Å². The van der Waals surface area contributed by atoms with E-state index in [1.54, 1.807) is 8.61 Å². The van der Waals surface area contributed by atoms with Crippen molar-refractivity contribution in [2.75, 3.05) is 39.3 Å². The number of rotatable bonds is 3. The first-order valence-corrected chi connectivity index (χ1v) is 9.14. The van der Waals surface area contributed by atoms with Crippen LogP contribution in [0.2, 0.25) is 0 Å². The molecular formula is C13H25N3O3S. The zero-order valence-corrected chi connectivity index (χ0v) is 12.8. The van der Waals surface area contributed by atoms with Gasteiger partial charge in [0.25, 0.3) is 10.2 Å². The summed E-state index contributed by atoms with van der Waals surface area (Å²) in [5, 5.41) is 9.44. The van der Waals surface area contributed by atoms with Gasteiger partial charge in [0.15, 0.2) is 0 Å². The maximum absolute atomic E-state index is 12.8. The van der Waals surface area contributed by atoms with Crippen LogP contribution in [-0.4, -0.2) is 78.4 Å². The van der Waals surface area contributed by atoms with Crippen molar-refractivity contribution >= 4 is 10.2 Å². The van der Waals surface area contributed by atoms with E-state index in [2.05, 4.69) is 4.90 Å². The molecular weight excluding hydrogens is 278 g/mol. The predicted molar refractivity (Wildman–Crippen MR) is 76.5 cm³/mol. The second kappa shape index (κ2) is 5.88. The van der Waals surface area contributed by atoms with Crippen molar-refractivity contribution in [2.24, 2.45) is 0 Å². The number of fused-ring (bicyclic) bond motifs is 1. The quantitative estimate of drug-likeness (QED) is 0.788. The standard InChI is InChI=1S/C13H25N3O3S/c17-11-13-4-1-2-7-16(13)20(18,19)15-9-8-14-6-3-5-12(14)10-15/h12-13,17H,1-11H2. The molecule has 1 N–H and O–H groups in total. The van der Waals surface area contributed by atoms with Gasteiger partial charge in [0.1, 0.15) is 0 Å². The number of hydrogen-bond acceptors (Lipinski definition) is 4. The van der Waals surface area contributed by atoms with Gasteiger partial charge in [-0.05, 0) is 32.2 Å². The molecule has 3 aliphatic heterocycles. The number of aliphatic hydroxyl groups is 1. The number of nitrogens with zero attached hydrogens (tertiary/aromatic N) is 3. The van der Waals surface area contributed by atoms with E-state index in [1.807, 2.05) is 0 Å². The van der Waals surface area contributed by atoms with Gasteiger partial charge in [-0.15, -0.1) is 0 Å². The molecule has 0 aromatic heterocycles. The average Bonchev–Trinajstić information content (AvgIpc) is 2.94. The minimum absolute atomic E-state index is 0.0668. The molecule has 6 nitrogen and oxygen atoms in total. The highest BCUT2D eigenvalue weighted by Crippen LogP contribution is 2.27. The second-order valence-electron chi connectivity index (χ2n) is 6.14. The highest BCUT2D eigenvalue weighted by Gasteiger charge is 2.40. The van der Waals surface area contributed by atoms with E-state index in [1.165, 1.54) is 6.42 Å². The Balaban J connectivity index is 1.73. The number of piperidine rings is 1. The van der Waals surface area contributed by atoms with Crippen LogP contribution < -0.4 is 0 Å². The molecule has 2 atom stereocenters. The van der Waals surface area contributed by atoms with E-state index >= 15 is 0 Å². The van der Waals surface area contributed by atoms with Crippen molar-refractivity contribution < 1.29 is 13.5 Å². The molecule has 3 rings (SSSR count). The largest absolute Gasteiger partial charge is 0.395 e. The summed E-state index contributed by atoms with van der Waals surface area (Å²) in [6, 6.07) is 0.172. The SMILES string of the molecule is O=S(=O)(N1CCN2CCCC2C1)N1CCCCC1CO. The van der Waals surface area contributed by atoms with Crippen LogP contribution in [0.4, 0.5) is 0 Å². The summed E-state index contributed by atoms with van der Waals surface area (Å²) in [7, 11) is -3.41. The first kappa shape index (κ1) is 14.7. The van der Waals surface area contributed by atoms with Gasteiger partial charge in [-0.1, -0.05) is 6.42 Å². The van der Waals surface area contributed by atoms with Crippen LogP contribution in [0, 0.1) is 0 Å². The summed E-state index contributed by atoms with van der Waals surface area (Å²) >= 11 is 0. The van der Waals surface area contributed by atoms with E-state index in [4.69, 9.17) is 0 Å². The summed E-state index contributed by atoms with van der Waals surface area (Å²) in [6.45, 7) is 3.66. The molecule has 3 saturated heterocycles. The maximum Gasteiger partial charge on any atom is 0.282 e. The molecule has 0 aliphatic carbocycles. The Hall–Kier alpha value is -0.210. The fraction of sp³-hybridized carbons (Fsp3) is 1.00. The lowest BCUT2D eigenvalue weighted by Crippen LogP contribution is -2.58. The van der Waals surface area contributed by atoms with Gasteiger partial charge < -0.3 is 5.11 Å². The summed E-state index contributed by atoms with van der Waals surface area (Å²) in [6.07, 6.45) is 4.98. The van der Waals surface area contributed by atoms with E-state index in [0.29, 0.717) is 25.7 Å². The Morgan fingerprint density at radius 3 is 2.65 bits per heavy atom. The van der Waals surface area contributed by atoms with Crippen LogP contribution in [0.3, 0.4) is 0 Å². The minimum Gasteiger partial charge on any atom is -0.395 e. The summed E-state index contributed by atoms with van der Waals surface area (Å²) in [5.74, 6) is 0. The second-order valence-corrected chi connectivity index (χ2v) is 8.02. The first-order valence-electron chi connectivity index (χ1n) is 7.75. The van der Waals surface area contributed by atoms with E-state index in [9.17, 15) is 13.5 Å². The molecule has 0 aromatic carbocycles.